The van der Waals surface area contributed by atoms with Crippen LogP contribution in [0.5, 0.6) is 0 Å². The van der Waals surface area contributed by atoms with Crippen molar-refractivity contribution in [2.45, 2.75) is 38.0 Å². The third kappa shape index (κ3) is 2.40. The van der Waals surface area contributed by atoms with E-state index in [2.05, 4.69) is 9.71 Å². The Morgan fingerprint density at radius 1 is 1.42 bits per heavy atom. The second-order valence-corrected chi connectivity index (χ2v) is 8.75. The topological polar surface area (TPSA) is 59.1 Å². The molecule has 0 radical (unpaired) electrons. The monoisotopic (exact) mass is 296 g/mol. The van der Waals surface area contributed by atoms with Gasteiger partial charge in [-0.1, -0.05) is 6.07 Å². The van der Waals surface area contributed by atoms with E-state index < -0.39 is 14.8 Å². The minimum absolute atomic E-state index is 0.288. The fourth-order valence-electron chi connectivity index (χ4n) is 1.94. The summed E-state index contributed by atoms with van der Waals surface area (Å²) >= 11 is 1.54. The Hall–Kier alpha value is -0.980. The molecule has 0 amide bonds. The van der Waals surface area contributed by atoms with Crippen LogP contribution in [-0.4, -0.2) is 18.1 Å². The number of hydrogen-bond acceptors (Lipinski definition) is 4. The van der Waals surface area contributed by atoms with E-state index in [-0.39, 0.29) is 6.54 Å². The zero-order chi connectivity index (χ0) is 13.7. The van der Waals surface area contributed by atoms with Crippen LogP contribution in [0, 0.1) is 6.92 Å². The number of benzene rings is 1. The van der Waals surface area contributed by atoms with Crippen LogP contribution in [0.15, 0.2) is 18.2 Å². The van der Waals surface area contributed by atoms with Gasteiger partial charge < -0.3 is 0 Å². The van der Waals surface area contributed by atoms with E-state index in [1.165, 1.54) is 11.3 Å². The summed E-state index contributed by atoms with van der Waals surface area (Å²) in [6.07, 6.45) is 1.50. The van der Waals surface area contributed by atoms with Gasteiger partial charge in [0, 0.05) is 0 Å². The smallest absolute Gasteiger partial charge is 0.217 e. The Morgan fingerprint density at radius 3 is 2.84 bits per heavy atom. The van der Waals surface area contributed by atoms with Gasteiger partial charge in [0.15, 0.2) is 0 Å². The molecule has 0 aliphatic heterocycles. The van der Waals surface area contributed by atoms with Crippen molar-refractivity contribution in [1.82, 2.24) is 9.71 Å². The summed E-state index contributed by atoms with van der Waals surface area (Å²) in [6, 6.07) is 6.09. The maximum atomic E-state index is 12.0. The first-order valence-electron chi connectivity index (χ1n) is 6.25. The van der Waals surface area contributed by atoms with Crippen molar-refractivity contribution in [2.24, 2.45) is 0 Å². The van der Waals surface area contributed by atoms with Crippen LogP contribution in [0.2, 0.25) is 0 Å². The van der Waals surface area contributed by atoms with Crippen LogP contribution < -0.4 is 4.72 Å². The lowest BCUT2D eigenvalue weighted by atomic mass is 10.2. The van der Waals surface area contributed by atoms with Crippen LogP contribution >= 0.6 is 11.3 Å². The van der Waals surface area contributed by atoms with Crippen molar-refractivity contribution in [3.05, 3.63) is 28.8 Å². The number of aryl methyl sites for hydroxylation is 1. The van der Waals surface area contributed by atoms with E-state index in [1.807, 2.05) is 25.1 Å². The number of hydrogen-bond donors (Lipinski definition) is 1. The Bertz CT molecular complexity index is 730. The van der Waals surface area contributed by atoms with E-state index in [1.54, 1.807) is 6.92 Å². The first-order valence-corrected chi connectivity index (χ1v) is 8.55. The Kier molecular flexibility index (Phi) is 2.92. The third-order valence-electron chi connectivity index (χ3n) is 3.60. The van der Waals surface area contributed by atoms with Crippen molar-refractivity contribution < 1.29 is 8.42 Å². The molecule has 2 aromatic rings. The molecule has 19 heavy (non-hydrogen) atoms. The molecule has 0 spiro atoms. The Balaban J connectivity index is 1.79. The second kappa shape index (κ2) is 4.26. The lowest BCUT2D eigenvalue weighted by molar-refractivity contribution is 0.566. The molecule has 0 atom stereocenters. The van der Waals surface area contributed by atoms with Crippen LogP contribution in [0.1, 0.15) is 30.3 Å². The molecule has 1 aliphatic rings. The molecule has 1 heterocycles. The highest BCUT2D eigenvalue weighted by Gasteiger charge is 2.49. The molecule has 1 aliphatic carbocycles. The molecule has 102 valence electrons. The van der Waals surface area contributed by atoms with E-state index in [4.69, 9.17) is 0 Å². The summed E-state index contributed by atoms with van der Waals surface area (Å²) in [4.78, 5) is 4.47. The van der Waals surface area contributed by atoms with E-state index in [9.17, 15) is 8.42 Å². The van der Waals surface area contributed by atoms with Gasteiger partial charge in [0.25, 0.3) is 0 Å². The fraction of sp³-hybridized carbons (Fsp3) is 0.462. The predicted molar refractivity (Wildman–Crippen MR) is 77.8 cm³/mol. The number of nitrogens with one attached hydrogen (secondary N) is 1. The number of sulfonamides is 1. The molecule has 1 aromatic carbocycles. The normalized spacial score (nSPS) is 17.8. The maximum absolute atomic E-state index is 12.0. The fourth-order valence-corrected chi connectivity index (χ4v) is 4.23. The van der Waals surface area contributed by atoms with Crippen molar-refractivity contribution in [3.63, 3.8) is 0 Å². The largest absolute Gasteiger partial charge is 0.240 e. The highest BCUT2D eigenvalue weighted by Crippen LogP contribution is 2.42. The van der Waals surface area contributed by atoms with Gasteiger partial charge in [-0.05, 0) is 44.4 Å². The second-order valence-electron chi connectivity index (χ2n) is 5.35. The van der Waals surface area contributed by atoms with Gasteiger partial charge in [0.1, 0.15) is 5.01 Å². The molecular weight excluding hydrogens is 280 g/mol. The minimum atomic E-state index is -3.21. The Labute approximate surface area is 116 Å². The van der Waals surface area contributed by atoms with Crippen molar-refractivity contribution in [2.75, 3.05) is 0 Å². The van der Waals surface area contributed by atoms with Gasteiger partial charge in [-0.15, -0.1) is 11.3 Å². The Morgan fingerprint density at radius 2 is 2.16 bits per heavy atom. The van der Waals surface area contributed by atoms with Gasteiger partial charge in [-0.25, -0.2) is 18.1 Å². The molecule has 1 fully saturated rings. The van der Waals surface area contributed by atoms with Crippen LogP contribution in [0.4, 0.5) is 0 Å². The number of rotatable bonds is 4. The van der Waals surface area contributed by atoms with E-state index in [0.29, 0.717) is 0 Å². The molecule has 0 bridgehead atoms. The first-order chi connectivity index (χ1) is 8.90. The lowest BCUT2D eigenvalue weighted by Gasteiger charge is -2.10. The predicted octanol–water partition coefficient (Wildman–Crippen LogP) is 2.58. The molecule has 1 saturated carbocycles. The molecular formula is C13H16N2O2S2. The zero-order valence-electron chi connectivity index (χ0n) is 10.9. The van der Waals surface area contributed by atoms with Crippen molar-refractivity contribution in [3.8, 4) is 0 Å². The van der Waals surface area contributed by atoms with Gasteiger partial charge in [0.2, 0.25) is 10.0 Å². The van der Waals surface area contributed by atoms with Gasteiger partial charge in [-0.2, -0.15) is 0 Å². The SMILES string of the molecule is Cc1ccc2sc(CNS(=O)(=O)C3(C)CC3)nc2c1. The molecule has 3 rings (SSSR count). The average molecular weight is 296 g/mol. The molecule has 6 heteroatoms. The standard InChI is InChI=1S/C13H16N2O2S2/c1-9-3-4-11-10(7-9)15-12(18-11)8-14-19(16,17)13(2)5-6-13/h3-4,7,14H,5-6,8H2,1-2H3. The van der Waals surface area contributed by atoms with Crippen LogP contribution in [0.25, 0.3) is 10.2 Å². The van der Waals surface area contributed by atoms with Gasteiger partial charge in [0.05, 0.1) is 21.5 Å². The molecule has 1 aromatic heterocycles. The van der Waals surface area contributed by atoms with Crippen LogP contribution in [0.3, 0.4) is 0 Å². The van der Waals surface area contributed by atoms with Gasteiger partial charge >= 0.3 is 0 Å². The number of aromatic nitrogens is 1. The van der Waals surface area contributed by atoms with Crippen LogP contribution in [-0.2, 0) is 16.6 Å². The summed E-state index contributed by atoms with van der Waals surface area (Å²) in [5.74, 6) is 0. The van der Waals surface area contributed by atoms with E-state index in [0.717, 1.165) is 33.6 Å². The van der Waals surface area contributed by atoms with Gasteiger partial charge in [-0.3, -0.25) is 0 Å². The lowest BCUT2D eigenvalue weighted by Crippen LogP contribution is -2.33. The van der Waals surface area contributed by atoms with Crippen molar-refractivity contribution >= 4 is 31.6 Å². The summed E-state index contributed by atoms with van der Waals surface area (Å²) in [7, 11) is -3.21. The summed E-state index contributed by atoms with van der Waals surface area (Å²) in [5, 5.41) is 0.813. The minimum Gasteiger partial charge on any atom is -0.240 e. The average Bonchev–Trinajstić information content (AvgIpc) is 2.98. The number of thiazole rings is 1. The highest BCUT2D eigenvalue weighted by atomic mass is 32.2. The quantitative estimate of drug-likeness (QED) is 0.943. The molecule has 0 saturated heterocycles. The number of nitrogens with zero attached hydrogens (tertiary/aromatic N) is 1. The first kappa shape index (κ1) is 13.0. The third-order valence-corrected chi connectivity index (χ3v) is 6.87. The molecule has 1 N–H and O–H groups in total. The highest BCUT2D eigenvalue weighted by molar-refractivity contribution is 7.91. The molecule has 4 nitrogen and oxygen atoms in total. The van der Waals surface area contributed by atoms with Crippen molar-refractivity contribution in [1.29, 1.82) is 0 Å². The summed E-state index contributed by atoms with van der Waals surface area (Å²) in [5.41, 5.74) is 2.10. The summed E-state index contributed by atoms with van der Waals surface area (Å²) in [6.45, 7) is 4.10. The molecule has 0 unspecified atom stereocenters. The number of fused-ring (bicyclic) bond motifs is 1. The maximum Gasteiger partial charge on any atom is 0.217 e. The summed E-state index contributed by atoms with van der Waals surface area (Å²) < 4.78 is 27.3. The van der Waals surface area contributed by atoms with E-state index >= 15 is 0 Å². The zero-order valence-corrected chi connectivity index (χ0v) is 12.6.